The molecule has 0 aliphatic carbocycles. The van der Waals surface area contributed by atoms with Gasteiger partial charge >= 0.3 is 0 Å². The summed E-state index contributed by atoms with van der Waals surface area (Å²) < 4.78 is 4.30. The van der Waals surface area contributed by atoms with Gasteiger partial charge in [-0.2, -0.15) is 5.10 Å². The summed E-state index contributed by atoms with van der Waals surface area (Å²) in [5.74, 6) is 0.936. The Kier molecular flexibility index (Phi) is 3.45. The van der Waals surface area contributed by atoms with E-state index >= 15 is 0 Å². The molecule has 0 atom stereocenters. The highest BCUT2D eigenvalue weighted by Gasteiger charge is 2.27. The van der Waals surface area contributed by atoms with Crippen LogP contribution in [0.15, 0.2) is 34.6 Å². The lowest BCUT2D eigenvalue weighted by molar-refractivity contribution is 0.526. The molecular formula is C16H19N7S. The molecule has 2 aromatic rings. The van der Waals surface area contributed by atoms with Crippen LogP contribution in [0.5, 0.6) is 0 Å². The highest BCUT2D eigenvalue weighted by molar-refractivity contribution is 8.16. The van der Waals surface area contributed by atoms with Crippen LogP contribution in [0.1, 0.15) is 12.1 Å². The third-order valence-electron chi connectivity index (χ3n) is 4.62. The molecule has 7 nitrogen and oxygen atoms in total. The molecule has 0 saturated carbocycles. The number of nitrogens with zero attached hydrogens (tertiary/aromatic N) is 6. The Bertz CT molecular complexity index is 808. The summed E-state index contributed by atoms with van der Waals surface area (Å²) in [6.07, 6.45) is 5.01. The number of aryl methyl sites for hydroxylation is 1. The van der Waals surface area contributed by atoms with Gasteiger partial charge in [-0.25, -0.2) is 4.98 Å². The highest BCUT2D eigenvalue weighted by atomic mass is 32.2. The number of hydrogen-bond donors (Lipinski definition) is 1. The molecule has 3 aliphatic heterocycles. The van der Waals surface area contributed by atoms with E-state index in [2.05, 4.69) is 40.9 Å². The Morgan fingerprint density at radius 1 is 1.29 bits per heavy atom. The number of fused-ring (bicyclic) bond motifs is 2. The monoisotopic (exact) mass is 341 g/mol. The van der Waals surface area contributed by atoms with Crippen molar-refractivity contribution in [1.29, 1.82) is 0 Å². The van der Waals surface area contributed by atoms with Gasteiger partial charge in [0.1, 0.15) is 5.69 Å². The largest absolute Gasteiger partial charge is 0.324 e. The predicted octanol–water partition coefficient (Wildman–Crippen LogP) is 1.50. The maximum Gasteiger partial charge on any atom is 0.168 e. The molecule has 1 N–H and O–H groups in total. The summed E-state index contributed by atoms with van der Waals surface area (Å²) in [7, 11) is 0. The minimum Gasteiger partial charge on any atom is -0.324 e. The van der Waals surface area contributed by atoms with Gasteiger partial charge in [-0.05, 0) is 19.0 Å². The smallest absolute Gasteiger partial charge is 0.168 e. The first-order valence-electron chi connectivity index (χ1n) is 8.35. The van der Waals surface area contributed by atoms with Gasteiger partial charge in [0.2, 0.25) is 0 Å². The van der Waals surface area contributed by atoms with Gasteiger partial charge in [-0.15, -0.1) is 0 Å². The van der Waals surface area contributed by atoms with Gasteiger partial charge in [-0.1, -0.05) is 11.8 Å². The summed E-state index contributed by atoms with van der Waals surface area (Å²) in [6, 6.07) is 2.16. The molecule has 0 unspecified atom stereocenters. The van der Waals surface area contributed by atoms with E-state index in [0.717, 1.165) is 62.4 Å². The van der Waals surface area contributed by atoms with Crippen LogP contribution in [0.3, 0.4) is 0 Å². The lowest BCUT2D eigenvalue weighted by atomic mass is 10.3. The zero-order valence-electron chi connectivity index (χ0n) is 13.4. The fraction of sp³-hybridized carbons (Fsp3) is 0.438. The zero-order chi connectivity index (χ0) is 15.9. The van der Waals surface area contributed by atoms with Crippen LogP contribution in [0, 0.1) is 0 Å². The van der Waals surface area contributed by atoms with Crippen LogP contribution < -0.4 is 5.32 Å². The second-order valence-electron chi connectivity index (χ2n) is 6.20. The normalized spacial score (nSPS) is 19.8. The quantitative estimate of drug-likeness (QED) is 0.917. The van der Waals surface area contributed by atoms with Crippen molar-refractivity contribution in [2.45, 2.75) is 26.1 Å². The van der Waals surface area contributed by atoms with Crippen LogP contribution >= 0.6 is 11.8 Å². The molecule has 5 rings (SSSR count). The molecule has 0 bridgehead atoms. The molecule has 5 heterocycles. The molecule has 0 fully saturated rings. The molecular weight excluding hydrogens is 322 g/mol. The Morgan fingerprint density at radius 2 is 2.29 bits per heavy atom. The first-order chi connectivity index (χ1) is 11.9. The average molecular weight is 341 g/mol. The number of imidazole rings is 1. The molecule has 0 aromatic carbocycles. The van der Waals surface area contributed by atoms with Gasteiger partial charge in [0.05, 0.1) is 18.8 Å². The summed E-state index contributed by atoms with van der Waals surface area (Å²) >= 11 is 1.72. The second-order valence-corrected chi connectivity index (χ2v) is 7.03. The summed E-state index contributed by atoms with van der Waals surface area (Å²) in [4.78, 5) is 11.4. The van der Waals surface area contributed by atoms with Crippen molar-refractivity contribution in [3.05, 3.63) is 35.3 Å². The van der Waals surface area contributed by atoms with E-state index in [1.165, 1.54) is 11.4 Å². The number of thioether (sulfide) groups is 1. The van der Waals surface area contributed by atoms with Crippen LogP contribution in [0.25, 0.3) is 11.5 Å². The number of hydrogen-bond acceptors (Lipinski definition) is 6. The molecule has 0 spiro atoms. The number of amidine groups is 1. The topological polar surface area (TPSA) is 63.3 Å². The van der Waals surface area contributed by atoms with Gasteiger partial charge in [0.15, 0.2) is 11.0 Å². The molecule has 8 heteroatoms. The molecule has 0 saturated heterocycles. The van der Waals surface area contributed by atoms with Gasteiger partial charge in [0.25, 0.3) is 0 Å². The first kappa shape index (κ1) is 14.3. The number of allylic oxidation sites excluding steroid dienone is 1. The second kappa shape index (κ2) is 5.78. The molecule has 2 aromatic heterocycles. The molecule has 3 aliphatic rings. The highest BCUT2D eigenvalue weighted by Crippen LogP contribution is 2.31. The van der Waals surface area contributed by atoms with E-state index < -0.39 is 0 Å². The van der Waals surface area contributed by atoms with Crippen molar-refractivity contribution in [1.82, 2.24) is 29.5 Å². The maximum atomic E-state index is 4.79. The van der Waals surface area contributed by atoms with Gasteiger partial charge in [-0.3, -0.25) is 9.67 Å². The summed E-state index contributed by atoms with van der Waals surface area (Å²) in [6.45, 7) is 5.60. The lowest BCUT2D eigenvalue weighted by Gasteiger charge is -2.17. The van der Waals surface area contributed by atoms with Gasteiger partial charge in [0, 0.05) is 43.1 Å². The van der Waals surface area contributed by atoms with E-state index in [1.807, 2.05) is 12.4 Å². The molecule has 0 radical (unpaired) electrons. The minimum absolute atomic E-state index is 0.807. The average Bonchev–Trinajstić information content (AvgIpc) is 3.33. The third kappa shape index (κ3) is 2.37. The number of rotatable bonds is 3. The van der Waals surface area contributed by atoms with E-state index in [9.17, 15) is 0 Å². The van der Waals surface area contributed by atoms with Crippen LogP contribution in [-0.2, 0) is 19.6 Å². The molecule has 24 heavy (non-hydrogen) atoms. The third-order valence-corrected chi connectivity index (χ3v) is 5.57. The van der Waals surface area contributed by atoms with E-state index in [0.29, 0.717) is 0 Å². The van der Waals surface area contributed by atoms with Crippen molar-refractivity contribution in [2.75, 3.05) is 19.6 Å². The number of aromatic nitrogens is 4. The summed E-state index contributed by atoms with van der Waals surface area (Å²) in [5, 5.41) is 11.6. The van der Waals surface area contributed by atoms with E-state index in [1.54, 1.807) is 11.8 Å². The van der Waals surface area contributed by atoms with Crippen molar-refractivity contribution < 1.29 is 0 Å². The van der Waals surface area contributed by atoms with Crippen molar-refractivity contribution >= 4 is 16.9 Å². The zero-order valence-corrected chi connectivity index (χ0v) is 14.2. The Hall–Kier alpha value is -2.06. The SMILES string of the molecule is C1=C(Cn2ccnc2-c2cc3n(n2)CCCNC3)N2CCN=C2S1. The lowest BCUT2D eigenvalue weighted by Crippen LogP contribution is -2.23. The first-order valence-corrected chi connectivity index (χ1v) is 9.23. The van der Waals surface area contributed by atoms with Crippen molar-refractivity contribution in [3.8, 4) is 11.5 Å². The number of nitrogens with one attached hydrogen (secondary N) is 1. The minimum atomic E-state index is 0.807. The van der Waals surface area contributed by atoms with Crippen LogP contribution in [0.4, 0.5) is 0 Å². The standard InChI is InChI=1S/C16H19N7S/c1-2-17-9-12-8-14(20-23(12)5-1)15-18-3-6-21(15)10-13-11-24-16-19-4-7-22(13)16/h3,6,8,11,17H,1-2,4-5,7,9-10H2. The van der Waals surface area contributed by atoms with E-state index in [4.69, 9.17) is 5.10 Å². The predicted molar refractivity (Wildman–Crippen MR) is 94.5 cm³/mol. The Morgan fingerprint density at radius 3 is 3.29 bits per heavy atom. The van der Waals surface area contributed by atoms with Crippen LogP contribution in [-0.4, -0.2) is 49.0 Å². The van der Waals surface area contributed by atoms with Crippen molar-refractivity contribution in [2.24, 2.45) is 4.99 Å². The molecule has 124 valence electrons. The fourth-order valence-electron chi connectivity index (χ4n) is 3.42. The fourth-order valence-corrected chi connectivity index (χ4v) is 4.36. The Labute approximate surface area is 144 Å². The summed E-state index contributed by atoms with van der Waals surface area (Å²) in [5.41, 5.74) is 3.49. The van der Waals surface area contributed by atoms with Crippen molar-refractivity contribution in [3.63, 3.8) is 0 Å². The number of aliphatic imine (C=N–C) groups is 1. The van der Waals surface area contributed by atoms with Crippen LogP contribution in [0.2, 0.25) is 0 Å². The Balaban J connectivity index is 1.42. The van der Waals surface area contributed by atoms with Gasteiger partial charge < -0.3 is 14.8 Å². The maximum absolute atomic E-state index is 4.79. The molecule has 0 amide bonds. The van der Waals surface area contributed by atoms with E-state index in [-0.39, 0.29) is 0 Å².